The van der Waals surface area contributed by atoms with Crippen LogP contribution in [0.2, 0.25) is 0 Å². The van der Waals surface area contributed by atoms with Gasteiger partial charge in [0.1, 0.15) is 0 Å². The smallest absolute Gasteiger partial charge is 0.243 e. The highest BCUT2D eigenvalue weighted by Crippen LogP contribution is 2.26. The maximum atomic E-state index is 13.1. The molecule has 1 aromatic heterocycles. The van der Waals surface area contributed by atoms with Crippen LogP contribution in [-0.4, -0.2) is 36.7 Å². The fraction of sp³-hybridized carbons (Fsp3) is 0.375. The molecule has 31 heavy (non-hydrogen) atoms. The molecule has 0 saturated carbocycles. The lowest BCUT2D eigenvalue weighted by molar-refractivity contribution is -0.116. The zero-order valence-electron chi connectivity index (χ0n) is 17.9. The highest BCUT2D eigenvalue weighted by atomic mass is 32.2. The van der Waals surface area contributed by atoms with Crippen molar-refractivity contribution in [3.05, 3.63) is 59.8 Å². The Bertz CT molecular complexity index is 1180. The molecule has 164 valence electrons. The van der Waals surface area contributed by atoms with Gasteiger partial charge in [0.05, 0.1) is 4.90 Å². The molecule has 1 amide bonds. The molecule has 0 bridgehead atoms. The Morgan fingerprint density at radius 3 is 2.68 bits per heavy atom. The summed E-state index contributed by atoms with van der Waals surface area (Å²) in [4.78, 5) is 16.0. The number of benzene rings is 2. The molecule has 3 aromatic rings. The first-order chi connectivity index (χ1) is 14.9. The van der Waals surface area contributed by atoms with Gasteiger partial charge in [0.15, 0.2) is 0 Å². The molecule has 0 radical (unpaired) electrons. The molecule has 7 heteroatoms. The Hall–Kier alpha value is -2.64. The molecule has 0 atom stereocenters. The number of hydrogen-bond acceptors (Lipinski definition) is 3. The summed E-state index contributed by atoms with van der Waals surface area (Å²) < 4.78 is 27.7. The minimum Gasteiger partial charge on any atom is -0.361 e. The Morgan fingerprint density at radius 1 is 1.10 bits per heavy atom. The minimum absolute atomic E-state index is 0.106. The van der Waals surface area contributed by atoms with Crippen LogP contribution in [0.5, 0.6) is 0 Å². The molecule has 1 aliphatic rings. The van der Waals surface area contributed by atoms with Crippen LogP contribution in [0.4, 0.5) is 5.69 Å². The molecule has 1 saturated heterocycles. The molecule has 0 spiro atoms. The van der Waals surface area contributed by atoms with Gasteiger partial charge in [-0.1, -0.05) is 30.7 Å². The van der Waals surface area contributed by atoms with Gasteiger partial charge in [-0.15, -0.1) is 0 Å². The van der Waals surface area contributed by atoms with Crippen LogP contribution in [-0.2, 0) is 21.2 Å². The molecule has 0 unspecified atom stereocenters. The summed E-state index contributed by atoms with van der Waals surface area (Å²) in [5, 5.41) is 4.06. The molecule has 2 aromatic carbocycles. The molecular formula is C24H29N3O3S. The summed E-state index contributed by atoms with van der Waals surface area (Å²) in [6.07, 6.45) is 6.76. The van der Waals surface area contributed by atoms with Crippen molar-refractivity contribution < 1.29 is 13.2 Å². The van der Waals surface area contributed by atoms with Gasteiger partial charge in [0.2, 0.25) is 15.9 Å². The molecule has 0 aliphatic carbocycles. The number of nitrogens with one attached hydrogen (secondary N) is 2. The van der Waals surface area contributed by atoms with Gasteiger partial charge < -0.3 is 10.3 Å². The lowest BCUT2D eigenvalue weighted by atomic mass is 10.1. The van der Waals surface area contributed by atoms with E-state index in [9.17, 15) is 13.2 Å². The van der Waals surface area contributed by atoms with Crippen molar-refractivity contribution in [1.29, 1.82) is 0 Å². The summed E-state index contributed by atoms with van der Waals surface area (Å²) in [6, 6.07) is 13.3. The lowest BCUT2D eigenvalue weighted by Gasteiger charge is -2.26. The second-order valence-electron chi connectivity index (χ2n) is 8.21. The average Bonchev–Trinajstić information content (AvgIpc) is 3.19. The molecular weight excluding hydrogens is 410 g/mol. The summed E-state index contributed by atoms with van der Waals surface area (Å²) in [5.41, 5.74) is 3.53. The van der Waals surface area contributed by atoms with Crippen LogP contribution in [0, 0.1) is 6.92 Å². The number of anilines is 1. The van der Waals surface area contributed by atoms with Gasteiger partial charge >= 0.3 is 0 Å². The summed E-state index contributed by atoms with van der Waals surface area (Å²) >= 11 is 0. The first kappa shape index (κ1) is 21.6. The third-order valence-corrected chi connectivity index (χ3v) is 7.97. The summed E-state index contributed by atoms with van der Waals surface area (Å²) in [5.74, 6) is -0.106. The van der Waals surface area contributed by atoms with Crippen molar-refractivity contribution in [3.63, 3.8) is 0 Å². The Balaban J connectivity index is 1.38. The highest BCUT2D eigenvalue weighted by Gasteiger charge is 2.27. The number of H-pyrrole nitrogens is 1. The zero-order chi connectivity index (χ0) is 21.8. The number of aromatic amines is 1. The van der Waals surface area contributed by atoms with E-state index >= 15 is 0 Å². The van der Waals surface area contributed by atoms with Crippen molar-refractivity contribution in [3.8, 4) is 0 Å². The Kier molecular flexibility index (Phi) is 6.43. The molecule has 2 heterocycles. The maximum Gasteiger partial charge on any atom is 0.243 e. The van der Waals surface area contributed by atoms with E-state index in [0.29, 0.717) is 30.8 Å². The number of rotatable bonds is 7. The summed E-state index contributed by atoms with van der Waals surface area (Å²) in [7, 11) is -3.54. The van der Waals surface area contributed by atoms with Crippen molar-refractivity contribution in [2.45, 2.75) is 50.3 Å². The quantitative estimate of drug-likeness (QED) is 0.564. The Labute approximate surface area is 183 Å². The standard InChI is InChI=1S/C24H29N3O3S/c1-18-12-13-20(16-23(18)31(29,30)27-14-5-2-6-15-27)26-24(28)11-7-8-19-17-25-22-10-4-3-9-21(19)22/h3-4,9-10,12-13,16-17,25H,2,5-8,11,14-15H2,1H3,(H,26,28). The Morgan fingerprint density at radius 2 is 1.87 bits per heavy atom. The number of fused-ring (bicyclic) bond motifs is 1. The van der Waals surface area contributed by atoms with Crippen molar-refractivity contribution >= 4 is 32.5 Å². The van der Waals surface area contributed by atoms with Crippen LogP contribution >= 0.6 is 0 Å². The topological polar surface area (TPSA) is 82.3 Å². The molecule has 2 N–H and O–H groups in total. The van der Waals surface area contributed by atoms with E-state index in [1.165, 1.54) is 10.9 Å². The van der Waals surface area contributed by atoms with E-state index in [0.717, 1.165) is 37.6 Å². The van der Waals surface area contributed by atoms with Crippen LogP contribution in [0.3, 0.4) is 0 Å². The zero-order valence-corrected chi connectivity index (χ0v) is 18.7. The van der Waals surface area contributed by atoms with Crippen LogP contribution in [0.25, 0.3) is 10.9 Å². The van der Waals surface area contributed by atoms with Crippen molar-refractivity contribution in [2.24, 2.45) is 0 Å². The van der Waals surface area contributed by atoms with Crippen molar-refractivity contribution in [1.82, 2.24) is 9.29 Å². The fourth-order valence-electron chi connectivity index (χ4n) is 4.20. The molecule has 4 rings (SSSR count). The lowest BCUT2D eigenvalue weighted by Crippen LogP contribution is -2.36. The van der Waals surface area contributed by atoms with Crippen LogP contribution < -0.4 is 5.32 Å². The number of carbonyl (C=O) groups is 1. The number of hydrogen-bond donors (Lipinski definition) is 2. The number of piperidine rings is 1. The second kappa shape index (κ2) is 9.24. The molecule has 1 aliphatic heterocycles. The predicted molar refractivity (Wildman–Crippen MR) is 124 cm³/mol. The first-order valence-electron chi connectivity index (χ1n) is 10.9. The average molecular weight is 440 g/mol. The van der Waals surface area contributed by atoms with Gasteiger partial charge in [-0.25, -0.2) is 8.42 Å². The van der Waals surface area contributed by atoms with E-state index in [2.05, 4.69) is 16.4 Å². The number of amides is 1. The third-order valence-electron chi connectivity index (χ3n) is 5.93. The number of para-hydroxylation sites is 1. The van der Waals surface area contributed by atoms with E-state index in [-0.39, 0.29) is 10.8 Å². The van der Waals surface area contributed by atoms with Gasteiger partial charge in [-0.3, -0.25) is 4.79 Å². The van der Waals surface area contributed by atoms with E-state index < -0.39 is 10.0 Å². The monoisotopic (exact) mass is 439 g/mol. The van der Waals surface area contributed by atoms with Crippen LogP contribution in [0.1, 0.15) is 43.2 Å². The molecule has 6 nitrogen and oxygen atoms in total. The maximum absolute atomic E-state index is 13.1. The van der Waals surface area contributed by atoms with Gasteiger partial charge in [0.25, 0.3) is 0 Å². The third kappa shape index (κ3) is 4.83. The van der Waals surface area contributed by atoms with Gasteiger partial charge in [-0.2, -0.15) is 4.31 Å². The number of nitrogens with zero attached hydrogens (tertiary/aromatic N) is 1. The van der Waals surface area contributed by atoms with E-state index in [1.54, 1.807) is 29.4 Å². The van der Waals surface area contributed by atoms with Gasteiger partial charge in [-0.05, 0) is 61.9 Å². The van der Waals surface area contributed by atoms with Gasteiger partial charge in [0, 0.05) is 42.3 Å². The normalized spacial score (nSPS) is 15.3. The van der Waals surface area contributed by atoms with E-state index in [1.807, 2.05) is 24.4 Å². The number of aryl methyl sites for hydroxylation is 2. The number of aromatic nitrogens is 1. The van der Waals surface area contributed by atoms with E-state index in [4.69, 9.17) is 0 Å². The minimum atomic E-state index is -3.54. The largest absolute Gasteiger partial charge is 0.361 e. The first-order valence-corrected chi connectivity index (χ1v) is 12.3. The van der Waals surface area contributed by atoms with Crippen molar-refractivity contribution in [2.75, 3.05) is 18.4 Å². The second-order valence-corrected chi connectivity index (χ2v) is 10.1. The molecule has 1 fully saturated rings. The number of sulfonamides is 1. The fourth-order valence-corrected chi connectivity index (χ4v) is 5.97. The summed E-state index contributed by atoms with van der Waals surface area (Å²) in [6.45, 7) is 2.92. The predicted octanol–water partition coefficient (Wildman–Crippen LogP) is 4.61. The van der Waals surface area contributed by atoms with Crippen LogP contribution in [0.15, 0.2) is 53.6 Å². The highest BCUT2D eigenvalue weighted by molar-refractivity contribution is 7.89. The SMILES string of the molecule is Cc1ccc(NC(=O)CCCc2c[nH]c3ccccc23)cc1S(=O)(=O)N1CCCCC1. The number of carbonyl (C=O) groups excluding carboxylic acids is 1.